The lowest BCUT2D eigenvalue weighted by Gasteiger charge is -2.19. The molecule has 0 saturated carbocycles. The normalized spacial score (nSPS) is 12.5. The van der Waals surface area contributed by atoms with Crippen molar-refractivity contribution in [2.45, 2.75) is 0 Å². The van der Waals surface area contributed by atoms with Gasteiger partial charge >= 0.3 is 0 Å². The molecule has 1 saturated heterocycles. The van der Waals surface area contributed by atoms with Crippen LogP contribution in [0.2, 0.25) is 0 Å². The van der Waals surface area contributed by atoms with Crippen molar-refractivity contribution in [3.8, 4) is 0 Å². The first-order chi connectivity index (χ1) is 12.7. The Kier molecular flexibility index (Phi) is 26.3. The summed E-state index contributed by atoms with van der Waals surface area (Å²) in [6.45, 7) is 6.56. The molecule has 6 N–H and O–H groups in total. The molecule has 0 aliphatic carbocycles. The molecule has 1 heterocycles. The highest BCUT2D eigenvalue weighted by Gasteiger charge is 2.02. The third kappa shape index (κ3) is 25.8. The number of aliphatic hydroxyl groups is 6. The zero-order valence-electron chi connectivity index (χ0n) is 15.7. The topological polar surface area (TPSA) is 150 Å². The summed E-state index contributed by atoms with van der Waals surface area (Å²) in [4.78, 5) is 3.69. The molecule has 1 rings (SSSR count). The van der Waals surface area contributed by atoms with Crippen molar-refractivity contribution in [3.63, 3.8) is 0 Å². The average Bonchev–Trinajstić information content (AvgIpc) is 3.49. The van der Waals surface area contributed by atoms with E-state index in [1.54, 1.807) is 4.90 Å². The van der Waals surface area contributed by atoms with Gasteiger partial charge in [0.15, 0.2) is 0 Å². The van der Waals surface area contributed by atoms with Crippen molar-refractivity contribution in [2.24, 2.45) is 0 Å². The Bertz CT molecular complexity index is 227. The largest absolute Gasteiger partial charge is 0.395 e. The maximum atomic E-state index is 8.66. The van der Waals surface area contributed by atoms with Crippen LogP contribution < -0.4 is 0 Å². The number of hydrogen-bond acceptors (Lipinski definition) is 10. The lowest BCUT2D eigenvalue weighted by Crippen LogP contribution is -2.33. The summed E-state index contributed by atoms with van der Waals surface area (Å²) in [5.74, 6) is 0. The maximum Gasteiger partial charge on any atom is 0.0701 e. The highest BCUT2D eigenvalue weighted by atomic mass is 16.6. The number of rotatable bonds is 15. The first-order valence-electron chi connectivity index (χ1n) is 8.95. The molecule has 0 atom stereocenters. The van der Waals surface area contributed by atoms with Gasteiger partial charge in [-0.2, -0.15) is 0 Å². The molecule has 0 aromatic rings. The van der Waals surface area contributed by atoms with Crippen molar-refractivity contribution in [1.29, 1.82) is 0 Å². The summed E-state index contributed by atoms with van der Waals surface area (Å²) >= 11 is 0. The standard InChI is InChI=1S/C8H19NO4.C6H15NO3.C2H4O/c10-4-1-9(2-5-11)3-7-13-8-6-12;8-4-1-7(2-5-9)3-6-10;1-2-3-1/h10-12H,1-8H2;8-10H,1-6H2;1-2H2. The van der Waals surface area contributed by atoms with Crippen molar-refractivity contribution < 1.29 is 40.1 Å². The molecule has 1 aliphatic heterocycles. The molecule has 0 amide bonds. The molecule has 0 radical (unpaired) electrons. The van der Waals surface area contributed by atoms with E-state index >= 15 is 0 Å². The second-order valence-corrected chi connectivity index (χ2v) is 5.25. The molecule has 0 unspecified atom stereocenters. The van der Waals surface area contributed by atoms with Gasteiger partial charge in [-0.1, -0.05) is 0 Å². The minimum absolute atomic E-state index is 0.0278. The maximum absolute atomic E-state index is 8.66. The fourth-order valence-electron chi connectivity index (χ4n) is 1.74. The quantitative estimate of drug-likeness (QED) is 0.124. The van der Waals surface area contributed by atoms with Gasteiger partial charge in [-0.25, -0.2) is 0 Å². The van der Waals surface area contributed by atoms with Crippen LogP contribution in [-0.2, 0) is 9.47 Å². The van der Waals surface area contributed by atoms with Gasteiger partial charge in [-0.05, 0) is 0 Å². The third-order valence-electron chi connectivity index (χ3n) is 3.07. The molecule has 10 nitrogen and oxygen atoms in total. The van der Waals surface area contributed by atoms with E-state index in [2.05, 4.69) is 4.74 Å². The minimum atomic E-state index is 0.0278. The molecular formula is C16H38N2O8. The molecule has 0 aromatic carbocycles. The number of ether oxygens (including phenoxy) is 2. The fraction of sp³-hybridized carbons (Fsp3) is 1.00. The Hall–Kier alpha value is -0.400. The number of aliphatic hydroxyl groups excluding tert-OH is 6. The Labute approximate surface area is 156 Å². The van der Waals surface area contributed by atoms with E-state index in [1.165, 1.54) is 0 Å². The summed E-state index contributed by atoms with van der Waals surface area (Å²) in [6, 6.07) is 0. The van der Waals surface area contributed by atoms with Crippen molar-refractivity contribution in [1.82, 2.24) is 9.80 Å². The molecule has 160 valence electrons. The Morgan fingerprint density at radius 2 is 0.885 bits per heavy atom. The number of epoxide rings is 1. The van der Waals surface area contributed by atoms with Crippen LogP contribution >= 0.6 is 0 Å². The molecule has 10 heteroatoms. The van der Waals surface area contributed by atoms with Gasteiger partial charge in [0.1, 0.15) is 0 Å². The van der Waals surface area contributed by atoms with Crippen LogP contribution in [0.5, 0.6) is 0 Å². The van der Waals surface area contributed by atoms with E-state index in [-0.39, 0.29) is 39.6 Å². The van der Waals surface area contributed by atoms with E-state index in [1.807, 2.05) is 4.90 Å². The predicted octanol–water partition coefficient (Wildman–Crippen LogP) is -3.44. The van der Waals surface area contributed by atoms with Gasteiger partial charge in [-0.15, -0.1) is 0 Å². The fourth-order valence-corrected chi connectivity index (χ4v) is 1.74. The summed E-state index contributed by atoms with van der Waals surface area (Å²) in [6.07, 6.45) is 0. The summed E-state index contributed by atoms with van der Waals surface area (Å²) in [5, 5.41) is 51.2. The molecule has 0 bridgehead atoms. The average molecular weight is 386 g/mol. The molecule has 1 aliphatic rings. The van der Waals surface area contributed by atoms with Crippen LogP contribution in [0.15, 0.2) is 0 Å². The van der Waals surface area contributed by atoms with E-state index in [4.69, 9.17) is 35.4 Å². The lowest BCUT2D eigenvalue weighted by molar-refractivity contribution is 0.0646. The molecule has 0 spiro atoms. The second kappa shape index (κ2) is 24.6. The Morgan fingerprint density at radius 3 is 1.15 bits per heavy atom. The van der Waals surface area contributed by atoms with Gasteiger partial charge in [-0.3, -0.25) is 9.80 Å². The van der Waals surface area contributed by atoms with E-state index < -0.39 is 0 Å². The van der Waals surface area contributed by atoms with Gasteiger partial charge in [0, 0.05) is 39.3 Å². The highest BCUT2D eigenvalue weighted by molar-refractivity contribution is 4.55. The van der Waals surface area contributed by atoms with Crippen molar-refractivity contribution >= 4 is 0 Å². The smallest absolute Gasteiger partial charge is 0.0701 e. The lowest BCUT2D eigenvalue weighted by atomic mass is 10.4. The number of hydrogen-bond donors (Lipinski definition) is 6. The monoisotopic (exact) mass is 386 g/mol. The second-order valence-electron chi connectivity index (χ2n) is 5.25. The Morgan fingerprint density at radius 1 is 0.538 bits per heavy atom. The van der Waals surface area contributed by atoms with Crippen molar-refractivity contribution in [2.75, 3.05) is 105 Å². The zero-order chi connectivity index (χ0) is 19.9. The third-order valence-corrected chi connectivity index (χ3v) is 3.07. The Balaban J connectivity index is 0. The van der Waals surface area contributed by atoms with Crippen molar-refractivity contribution in [3.05, 3.63) is 0 Å². The first kappa shape index (κ1) is 27.8. The van der Waals surface area contributed by atoms with Crippen LogP contribution in [0.4, 0.5) is 0 Å². The summed E-state index contributed by atoms with van der Waals surface area (Å²) in [5.41, 5.74) is 0. The predicted molar refractivity (Wildman–Crippen MR) is 97.0 cm³/mol. The van der Waals surface area contributed by atoms with E-state index in [9.17, 15) is 0 Å². The van der Waals surface area contributed by atoms with E-state index in [0.29, 0.717) is 52.5 Å². The van der Waals surface area contributed by atoms with Crippen LogP contribution in [0.3, 0.4) is 0 Å². The van der Waals surface area contributed by atoms with Crippen LogP contribution in [-0.4, -0.2) is 146 Å². The van der Waals surface area contributed by atoms with Gasteiger partial charge in [0.25, 0.3) is 0 Å². The van der Waals surface area contributed by atoms with Gasteiger partial charge < -0.3 is 40.1 Å². The summed E-state index contributed by atoms with van der Waals surface area (Å²) in [7, 11) is 0. The van der Waals surface area contributed by atoms with Crippen LogP contribution in [0.25, 0.3) is 0 Å². The minimum Gasteiger partial charge on any atom is -0.395 e. The van der Waals surface area contributed by atoms with Gasteiger partial charge in [0.05, 0.1) is 66.1 Å². The molecule has 0 aromatic heterocycles. The number of nitrogens with zero attached hydrogens (tertiary/aromatic N) is 2. The van der Waals surface area contributed by atoms with Crippen LogP contribution in [0, 0.1) is 0 Å². The zero-order valence-corrected chi connectivity index (χ0v) is 15.7. The van der Waals surface area contributed by atoms with E-state index in [0.717, 1.165) is 13.2 Å². The molecular weight excluding hydrogens is 348 g/mol. The van der Waals surface area contributed by atoms with Gasteiger partial charge in [0.2, 0.25) is 0 Å². The highest BCUT2D eigenvalue weighted by Crippen LogP contribution is 1.87. The molecule has 26 heavy (non-hydrogen) atoms. The molecule has 1 fully saturated rings. The first-order valence-corrected chi connectivity index (χ1v) is 8.95. The van der Waals surface area contributed by atoms with Crippen LogP contribution in [0.1, 0.15) is 0 Å². The summed E-state index contributed by atoms with van der Waals surface area (Å²) < 4.78 is 9.55. The SMILES string of the molecule is C1CO1.OCCN(CCO)CCO.OCCOCCN(CCO)CCO.